The summed E-state index contributed by atoms with van der Waals surface area (Å²) in [7, 11) is 0. The van der Waals surface area contributed by atoms with Gasteiger partial charge in [-0.25, -0.2) is 9.78 Å². The second-order valence-electron chi connectivity index (χ2n) is 6.56. The number of benzene rings is 1. The number of nitrogens with zero attached hydrogens (tertiary/aromatic N) is 2. The van der Waals surface area contributed by atoms with Crippen LogP contribution < -0.4 is 4.74 Å². The molecule has 0 saturated carbocycles. The van der Waals surface area contributed by atoms with Gasteiger partial charge in [0.15, 0.2) is 0 Å². The molecule has 0 unspecified atom stereocenters. The third-order valence-electron chi connectivity index (χ3n) is 4.13. The summed E-state index contributed by atoms with van der Waals surface area (Å²) in [5, 5.41) is 3.00. The summed E-state index contributed by atoms with van der Waals surface area (Å²) in [6.45, 7) is 4.69. The van der Waals surface area contributed by atoms with Gasteiger partial charge in [0.25, 0.3) is 0 Å². The van der Waals surface area contributed by atoms with Crippen molar-refractivity contribution in [2.24, 2.45) is 0 Å². The number of esters is 1. The maximum atomic E-state index is 12.0. The molecule has 0 aliphatic carbocycles. The predicted octanol–water partition coefficient (Wildman–Crippen LogP) is 4.92. The van der Waals surface area contributed by atoms with E-state index in [1.54, 1.807) is 17.4 Å². The van der Waals surface area contributed by atoms with Crippen LogP contribution in [0, 0.1) is 13.8 Å². The first-order chi connectivity index (χ1) is 14.1. The van der Waals surface area contributed by atoms with Gasteiger partial charge in [-0.3, -0.25) is 4.98 Å². The van der Waals surface area contributed by atoms with E-state index < -0.39 is 0 Å². The third kappa shape index (κ3) is 6.84. The molecule has 3 aromatic rings. The minimum absolute atomic E-state index is 0.361. The molecular weight excluding hydrogens is 384 g/mol. The molecule has 6 heteroatoms. The summed E-state index contributed by atoms with van der Waals surface area (Å²) in [6, 6.07) is 13.5. The number of hydrogen-bond donors (Lipinski definition) is 0. The van der Waals surface area contributed by atoms with E-state index in [0.717, 1.165) is 40.5 Å². The Kier molecular flexibility index (Phi) is 7.53. The van der Waals surface area contributed by atoms with Crippen LogP contribution in [-0.2, 0) is 22.6 Å². The van der Waals surface area contributed by atoms with Gasteiger partial charge in [0.1, 0.15) is 12.4 Å². The van der Waals surface area contributed by atoms with Gasteiger partial charge in [0, 0.05) is 28.4 Å². The van der Waals surface area contributed by atoms with Crippen LogP contribution in [0.25, 0.3) is 6.08 Å². The van der Waals surface area contributed by atoms with Gasteiger partial charge in [0.2, 0.25) is 0 Å². The molecule has 0 radical (unpaired) electrons. The molecule has 0 aliphatic heterocycles. The SMILES string of the molecule is Cc1cccc(CCCOC(=O)/C=C/c2ccccc2OCc2csc(C)n2)n1. The molecule has 29 heavy (non-hydrogen) atoms. The smallest absolute Gasteiger partial charge is 0.330 e. The Hall–Kier alpha value is -2.99. The summed E-state index contributed by atoms with van der Waals surface area (Å²) in [6.07, 6.45) is 4.67. The van der Waals surface area contributed by atoms with Crippen molar-refractivity contribution in [1.82, 2.24) is 9.97 Å². The van der Waals surface area contributed by atoms with Crippen LogP contribution in [-0.4, -0.2) is 22.5 Å². The molecule has 0 bridgehead atoms. The van der Waals surface area contributed by atoms with Gasteiger partial charge in [0.05, 0.1) is 17.3 Å². The highest BCUT2D eigenvalue weighted by Gasteiger charge is 2.05. The molecule has 0 atom stereocenters. The summed E-state index contributed by atoms with van der Waals surface area (Å²) in [4.78, 5) is 20.8. The second-order valence-corrected chi connectivity index (χ2v) is 7.62. The number of hydrogen-bond acceptors (Lipinski definition) is 6. The standard InChI is InChI=1S/C23H24N2O3S/c1-17-7-5-9-20(24-17)10-6-14-27-23(26)13-12-19-8-3-4-11-22(19)28-15-21-16-29-18(2)25-21/h3-5,7-9,11-13,16H,6,10,14-15H2,1-2H3/b13-12+. The minimum atomic E-state index is -0.368. The normalized spacial score (nSPS) is 11.0. The fraction of sp³-hybridized carbons (Fsp3) is 0.261. The monoisotopic (exact) mass is 408 g/mol. The average molecular weight is 409 g/mol. The first kappa shape index (κ1) is 20.7. The molecule has 0 saturated heterocycles. The third-order valence-corrected chi connectivity index (χ3v) is 4.95. The topological polar surface area (TPSA) is 61.3 Å². The van der Waals surface area contributed by atoms with Crippen molar-refractivity contribution in [2.45, 2.75) is 33.3 Å². The zero-order valence-corrected chi connectivity index (χ0v) is 17.4. The Morgan fingerprint density at radius 3 is 2.72 bits per heavy atom. The van der Waals surface area contributed by atoms with Gasteiger partial charge < -0.3 is 9.47 Å². The van der Waals surface area contributed by atoms with Gasteiger partial charge >= 0.3 is 5.97 Å². The lowest BCUT2D eigenvalue weighted by atomic mass is 10.2. The first-order valence-electron chi connectivity index (χ1n) is 9.50. The molecule has 0 spiro atoms. The maximum absolute atomic E-state index is 12.0. The van der Waals surface area contributed by atoms with E-state index in [4.69, 9.17) is 9.47 Å². The van der Waals surface area contributed by atoms with Crippen LogP contribution in [0.5, 0.6) is 5.75 Å². The van der Waals surface area contributed by atoms with Gasteiger partial charge in [-0.2, -0.15) is 0 Å². The lowest BCUT2D eigenvalue weighted by Gasteiger charge is -2.07. The molecular formula is C23H24N2O3S. The van der Waals surface area contributed by atoms with Crippen molar-refractivity contribution in [2.75, 3.05) is 6.61 Å². The van der Waals surface area contributed by atoms with Crippen LogP contribution in [0.4, 0.5) is 0 Å². The zero-order valence-electron chi connectivity index (χ0n) is 16.6. The fourth-order valence-electron chi connectivity index (χ4n) is 2.75. The quantitative estimate of drug-likeness (QED) is 0.286. The van der Waals surface area contributed by atoms with Gasteiger partial charge in [-0.05, 0) is 51.0 Å². The summed E-state index contributed by atoms with van der Waals surface area (Å²) < 4.78 is 11.1. The van der Waals surface area contributed by atoms with E-state index in [2.05, 4.69) is 9.97 Å². The number of rotatable bonds is 9. The highest BCUT2D eigenvalue weighted by Crippen LogP contribution is 2.21. The van der Waals surface area contributed by atoms with E-state index in [9.17, 15) is 4.79 Å². The predicted molar refractivity (Wildman–Crippen MR) is 115 cm³/mol. The van der Waals surface area contributed by atoms with Crippen LogP contribution in [0.15, 0.2) is 53.9 Å². The van der Waals surface area contributed by atoms with Crippen molar-refractivity contribution in [3.63, 3.8) is 0 Å². The fourth-order valence-corrected chi connectivity index (χ4v) is 3.34. The number of carbonyl (C=O) groups excluding carboxylic acids is 1. The Morgan fingerprint density at radius 2 is 1.93 bits per heavy atom. The van der Waals surface area contributed by atoms with Crippen LogP contribution in [0.3, 0.4) is 0 Å². The highest BCUT2D eigenvalue weighted by molar-refractivity contribution is 7.09. The first-order valence-corrected chi connectivity index (χ1v) is 10.4. The molecule has 5 nitrogen and oxygen atoms in total. The van der Waals surface area contributed by atoms with Crippen molar-refractivity contribution in [1.29, 1.82) is 0 Å². The summed E-state index contributed by atoms with van der Waals surface area (Å²) in [5.41, 5.74) is 3.72. The Bertz CT molecular complexity index is 982. The average Bonchev–Trinajstić information content (AvgIpc) is 3.14. The molecule has 0 N–H and O–H groups in total. The van der Waals surface area contributed by atoms with Gasteiger partial charge in [-0.1, -0.05) is 24.3 Å². The number of ether oxygens (including phenoxy) is 2. The van der Waals surface area contributed by atoms with Crippen molar-refractivity contribution >= 4 is 23.4 Å². The zero-order chi connectivity index (χ0) is 20.5. The van der Waals surface area contributed by atoms with E-state index in [-0.39, 0.29) is 5.97 Å². The molecule has 0 aliphatic rings. The van der Waals surface area contributed by atoms with Crippen molar-refractivity contribution in [3.8, 4) is 5.75 Å². The number of thiazole rings is 1. The van der Waals surface area contributed by atoms with Crippen LogP contribution in [0.2, 0.25) is 0 Å². The molecule has 2 aromatic heterocycles. The molecule has 1 aromatic carbocycles. The van der Waals surface area contributed by atoms with Crippen LogP contribution >= 0.6 is 11.3 Å². The van der Waals surface area contributed by atoms with Crippen LogP contribution in [0.1, 0.15) is 34.1 Å². The molecule has 0 fully saturated rings. The summed E-state index contributed by atoms with van der Waals surface area (Å²) >= 11 is 1.60. The van der Waals surface area contributed by atoms with Crippen molar-refractivity contribution in [3.05, 3.63) is 81.6 Å². The number of aromatic nitrogens is 2. The lowest BCUT2D eigenvalue weighted by molar-refractivity contribution is -0.137. The molecule has 2 heterocycles. The number of aryl methyl sites for hydroxylation is 3. The van der Waals surface area contributed by atoms with Crippen molar-refractivity contribution < 1.29 is 14.3 Å². The number of pyridine rings is 1. The van der Waals surface area contributed by atoms with E-state index in [0.29, 0.717) is 19.0 Å². The Balaban J connectivity index is 1.46. The molecule has 150 valence electrons. The largest absolute Gasteiger partial charge is 0.487 e. The lowest BCUT2D eigenvalue weighted by Crippen LogP contribution is -2.04. The maximum Gasteiger partial charge on any atom is 0.330 e. The number of carbonyl (C=O) groups is 1. The Labute approximate surface area is 175 Å². The van der Waals surface area contributed by atoms with Gasteiger partial charge in [-0.15, -0.1) is 11.3 Å². The minimum Gasteiger partial charge on any atom is -0.487 e. The Morgan fingerprint density at radius 1 is 1.07 bits per heavy atom. The highest BCUT2D eigenvalue weighted by atomic mass is 32.1. The second kappa shape index (κ2) is 10.5. The molecule has 0 amide bonds. The van der Waals surface area contributed by atoms with E-state index in [1.807, 2.05) is 61.7 Å². The number of para-hydroxylation sites is 1. The summed E-state index contributed by atoms with van der Waals surface area (Å²) in [5.74, 6) is 0.333. The van der Waals surface area contributed by atoms with E-state index >= 15 is 0 Å². The molecule has 3 rings (SSSR count). The van der Waals surface area contributed by atoms with E-state index in [1.165, 1.54) is 6.08 Å².